The molecule has 1 aromatic heterocycles. The maximum absolute atomic E-state index is 5.98. The fourth-order valence-electron chi connectivity index (χ4n) is 3.71. The Morgan fingerprint density at radius 2 is 2.00 bits per heavy atom. The van der Waals surface area contributed by atoms with Gasteiger partial charge in [-0.15, -0.1) is 0 Å². The minimum absolute atomic E-state index is 0.626. The van der Waals surface area contributed by atoms with Crippen LogP contribution in [0.3, 0.4) is 0 Å². The molecular weight excluding hydrogens is 234 g/mol. The van der Waals surface area contributed by atoms with Crippen molar-refractivity contribution in [2.75, 3.05) is 23.7 Å². The fourth-order valence-corrected chi connectivity index (χ4v) is 3.71. The van der Waals surface area contributed by atoms with Gasteiger partial charge in [-0.1, -0.05) is 18.6 Å². The first-order valence-corrected chi connectivity index (χ1v) is 7.16. The Morgan fingerprint density at radius 1 is 1.11 bits per heavy atom. The van der Waals surface area contributed by atoms with Crippen molar-refractivity contribution in [1.82, 2.24) is 4.98 Å². The third-order valence-electron chi connectivity index (χ3n) is 5.01. The van der Waals surface area contributed by atoms with Crippen LogP contribution in [0.25, 0.3) is 10.8 Å². The minimum Gasteiger partial charge on any atom is -0.383 e. The summed E-state index contributed by atoms with van der Waals surface area (Å²) in [7, 11) is 0. The second-order valence-electron chi connectivity index (χ2n) is 6.09. The zero-order chi connectivity index (χ0) is 12.9. The Bertz CT molecular complexity index is 631. The monoisotopic (exact) mass is 253 g/mol. The fraction of sp³-hybridized carbons (Fsp3) is 0.438. The van der Waals surface area contributed by atoms with E-state index in [4.69, 9.17) is 5.73 Å². The molecule has 0 atom stereocenters. The van der Waals surface area contributed by atoms with Crippen LogP contribution in [0.2, 0.25) is 0 Å². The maximum atomic E-state index is 5.98. The molecular formula is C16H19N3. The highest BCUT2D eigenvalue weighted by atomic mass is 15.2. The number of nitrogens with zero attached hydrogens (tertiary/aromatic N) is 2. The molecule has 2 heterocycles. The number of rotatable bonds is 1. The molecule has 1 aliphatic carbocycles. The van der Waals surface area contributed by atoms with E-state index < -0.39 is 0 Å². The molecule has 1 saturated carbocycles. The molecule has 0 radical (unpaired) electrons. The second kappa shape index (κ2) is 3.86. The van der Waals surface area contributed by atoms with Crippen LogP contribution in [0, 0.1) is 5.41 Å². The quantitative estimate of drug-likeness (QED) is 0.848. The van der Waals surface area contributed by atoms with Crippen LogP contribution in [-0.4, -0.2) is 18.1 Å². The van der Waals surface area contributed by atoms with Gasteiger partial charge in [-0.3, -0.25) is 0 Å². The summed E-state index contributed by atoms with van der Waals surface area (Å²) in [5.41, 5.74) is 7.94. The van der Waals surface area contributed by atoms with E-state index in [-0.39, 0.29) is 0 Å². The van der Waals surface area contributed by atoms with Gasteiger partial charge in [-0.05, 0) is 36.8 Å². The summed E-state index contributed by atoms with van der Waals surface area (Å²) in [6.07, 6.45) is 7.41. The van der Waals surface area contributed by atoms with Gasteiger partial charge in [-0.2, -0.15) is 0 Å². The van der Waals surface area contributed by atoms with E-state index in [2.05, 4.69) is 34.1 Å². The average molecular weight is 253 g/mol. The van der Waals surface area contributed by atoms with Gasteiger partial charge in [0.05, 0.1) is 0 Å². The van der Waals surface area contributed by atoms with Gasteiger partial charge < -0.3 is 10.6 Å². The molecule has 98 valence electrons. The van der Waals surface area contributed by atoms with E-state index in [1.54, 1.807) is 0 Å². The number of nitrogens with two attached hydrogens (primary N) is 1. The molecule has 1 aliphatic heterocycles. The van der Waals surface area contributed by atoms with Crippen LogP contribution < -0.4 is 10.6 Å². The summed E-state index contributed by atoms with van der Waals surface area (Å²) in [5.74, 6) is 0.636. The van der Waals surface area contributed by atoms with Crippen molar-refractivity contribution < 1.29 is 0 Å². The van der Waals surface area contributed by atoms with Gasteiger partial charge in [0.15, 0.2) is 0 Å². The molecule has 4 rings (SSSR count). The first-order chi connectivity index (χ1) is 9.27. The number of nitrogen functional groups attached to an aromatic ring is 1. The number of anilines is 2. The van der Waals surface area contributed by atoms with E-state index in [1.807, 2.05) is 6.20 Å². The summed E-state index contributed by atoms with van der Waals surface area (Å²) in [6, 6.07) is 8.48. The number of benzene rings is 1. The number of fused-ring (bicyclic) bond motifs is 1. The summed E-state index contributed by atoms with van der Waals surface area (Å²) in [4.78, 5) is 6.73. The average Bonchev–Trinajstić information content (AvgIpc) is 2.84. The van der Waals surface area contributed by atoms with Gasteiger partial charge in [0.1, 0.15) is 5.82 Å². The standard InChI is InChI=1S/C16H19N3/c17-15-13-3-1-4-14(12(13)5-9-18-15)19-10-8-16(11-19)6-2-7-16/h1,3-5,9H,2,6-8,10-11H2,(H2,17,18). The van der Waals surface area contributed by atoms with Crippen LogP contribution in [0.1, 0.15) is 25.7 Å². The zero-order valence-electron chi connectivity index (χ0n) is 11.1. The lowest BCUT2D eigenvalue weighted by atomic mass is 9.68. The van der Waals surface area contributed by atoms with Crippen molar-refractivity contribution in [2.45, 2.75) is 25.7 Å². The largest absolute Gasteiger partial charge is 0.383 e. The normalized spacial score (nSPS) is 20.9. The Labute approximate surface area is 113 Å². The smallest absolute Gasteiger partial charge is 0.131 e. The Morgan fingerprint density at radius 3 is 2.74 bits per heavy atom. The molecule has 3 heteroatoms. The Hall–Kier alpha value is -1.77. The molecule has 0 amide bonds. The summed E-state index contributed by atoms with van der Waals surface area (Å²) in [5, 5.41) is 2.32. The van der Waals surface area contributed by atoms with Crippen LogP contribution in [0.15, 0.2) is 30.5 Å². The predicted molar refractivity (Wildman–Crippen MR) is 79.3 cm³/mol. The number of hydrogen-bond acceptors (Lipinski definition) is 3. The Balaban J connectivity index is 1.77. The highest BCUT2D eigenvalue weighted by molar-refractivity contribution is 5.99. The van der Waals surface area contributed by atoms with Crippen LogP contribution in [0.5, 0.6) is 0 Å². The highest BCUT2D eigenvalue weighted by Gasteiger charge is 2.42. The van der Waals surface area contributed by atoms with E-state index in [1.165, 1.54) is 49.8 Å². The van der Waals surface area contributed by atoms with Crippen molar-refractivity contribution in [1.29, 1.82) is 0 Å². The van der Waals surface area contributed by atoms with E-state index >= 15 is 0 Å². The van der Waals surface area contributed by atoms with Crippen molar-refractivity contribution in [3.63, 3.8) is 0 Å². The van der Waals surface area contributed by atoms with Crippen LogP contribution in [0.4, 0.5) is 11.5 Å². The van der Waals surface area contributed by atoms with Crippen LogP contribution >= 0.6 is 0 Å². The summed E-state index contributed by atoms with van der Waals surface area (Å²) >= 11 is 0. The molecule has 2 aromatic rings. The molecule has 0 unspecified atom stereocenters. The van der Waals surface area contributed by atoms with E-state index in [9.17, 15) is 0 Å². The molecule has 2 fully saturated rings. The molecule has 3 nitrogen and oxygen atoms in total. The highest BCUT2D eigenvalue weighted by Crippen LogP contribution is 2.49. The predicted octanol–water partition coefficient (Wildman–Crippen LogP) is 3.20. The van der Waals surface area contributed by atoms with Crippen molar-refractivity contribution in [3.05, 3.63) is 30.5 Å². The number of aromatic nitrogens is 1. The van der Waals surface area contributed by atoms with Crippen LogP contribution in [-0.2, 0) is 0 Å². The number of hydrogen-bond donors (Lipinski definition) is 1. The maximum Gasteiger partial charge on any atom is 0.131 e. The van der Waals surface area contributed by atoms with E-state index in [0.29, 0.717) is 11.2 Å². The molecule has 1 aromatic carbocycles. The third-order valence-corrected chi connectivity index (χ3v) is 5.01. The summed E-state index contributed by atoms with van der Waals surface area (Å²) in [6.45, 7) is 2.40. The lowest BCUT2D eigenvalue weighted by Crippen LogP contribution is -2.33. The van der Waals surface area contributed by atoms with Gasteiger partial charge in [0, 0.05) is 35.7 Å². The lowest BCUT2D eigenvalue weighted by molar-refractivity contribution is 0.165. The SMILES string of the molecule is Nc1nccc2c(N3CCC4(CCC4)C3)cccc12. The molecule has 2 aliphatic rings. The molecule has 2 N–H and O–H groups in total. The first kappa shape index (κ1) is 11.1. The Kier molecular flexibility index (Phi) is 2.25. The summed E-state index contributed by atoms with van der Waals surface area (Å²) < 4.78 is 0. The molecule has 0 bridgehead atoms. The van der Waals surface area contributed by atoms with Crippen molar-refractivity contribution >= 4 is 22.3 Å². The van der Waals surface area contributed by atoms with Crippen molar-refractivity contribution in [3.8, 4) is 0 Å². The van der Waals surface area contributed by atoms with Crippen molar-refractivity contribution in [2.24, 2.45) is 5.41 Å². The van der Waals surface area contributed by atoms with Gasteiger partial charge in [0.25, 0.3) is 0 Å². The second-order valence-corrected chi connectivity index (χ2v) is 6.09. The van der Waals surface area contributed by atoms with Gasteiger partial charge >= 0.3 is 0 Å². The minimum atomic E-state index is 0.626. The van der Waals surface area contributed by atoms with E-state index in [0.717, 1.165) is 5.39 Å². The molecule has 19 heavy (non-hydrogen) atoms. The number of pyridine rings is 1. The first-order valence-electron chi connectivity index (χ1n) is 7.16. The zero-order valence-corrected chi connectivity index (χ0v) is 11.1. The molecule has 1 spiro atoms. The third kappa shape index (κ3) is 1.61. The topological polar surface area (TPSA) is 42.1 Å². The lowest BCUT2D eigenvalue weighted by Gasteiger charge is -2.38. The van der Waals surface area contributed by atoms with Gasteiger partial charge in [0.2, 0.25) is 0 Å². The van der Waals surface area contributed by atoms with Gasteiger partial charge in [-0.25, -0.2) is 4.98 Å². The molecule has 1 saturated heterocycles.